The highest BCUT2D eigenvalue weighted by Gasteiger charge is 2.56. The molecule has 2 aliphatic rings. The zero-order chi connectivity index (χ0) is 11.8. The summed E-state index contributed by atoms with van der Waals surface area (Å²) < 4.78 is 5.34. The summed E-state index contributed by atoms with van der Waals surface area (Å²) in [4.78, 5) is 11.1. The zero-order valence-corrected chi connectivity index (χ0v) is 10.3. The first-order valence-electron chi connectivity index (χ1n) is 6.38. The van der Waals surface area contributed by atoms with Crippen LogP contribution in [0.2, 0.25) is 0 Å². The predicted octanol–water partition coefficient (Wildman–Crippen LogP) is 2.41. The molecule has 16 heavy (non-hydrogen) atoms. The summed E-state index contributed by atoms with van der Waals surface area (Å²) >= 11 is 0. The van der Waals surface area contributed by atoms with E-state index < -0.39 is 5.60 Å². The summed E-state index contributed by atoms with van der Waals surface area (Å²) in [7, 11) is 0. The molecule has 0 aromatic heterocycles. The maximum absolute atomic E-state index is 11.1. The second-order valence-electron chi connectivity index (χ2n) is 5.68. The molecule has 2 rings (SSSR count). The Hall–Kier alpha value is -0.570. The molecule has 2 aliphatic carbocycles. The number of ether oxygens (including phenoxy) is 1. The molecule has 3 atom stereocenters. The van der Waals surface area contributed by atoms with E-state index in [-0.39, 0.29) is 17.5 Å². The summed E-state index contributed by atoms with van der Waals surface area (Å²) in [6, 6.07) is 0. The molecular weight excluding hydrogens is 204 g/mol. The number of carbonyl (C=O) groups excluding carboxylic acids is 1. The Morgan fingerprint density at radius 1 is 1.25 bits per heavy atom. The number of aliphatic hydroxyl groups is 1. The number of esters is 1. The van der Waals surface area contributed by atoms with Crippen molar-refractivity contribution in [1.29, 1.82) is 0 Å². The minimum atomic E-state index is -0.783. The van der Waals surface area contributed by atoms with Crippen molar-refractivity contribution < 1.29 is 14.6 Å². The van der Waals surface area contributed by atoms with Crippen molar-refractivity contribution in [3.63, 3.8) is 0 Å². The Labute approximate surface area is 97.2 Å². The molecule has 3 nitrogen and oxygen atoms in total. The summed E-state index contributed by atoms with van der Waals surface area (Å²) in [6.45, 7) is 3.58. The Kier molecular flexibility index (Phi) is 2.99. The molecule has 1 N–H and O–H groups in total. The van der Waals surface area contributed by atoms with Crippen molar-refractivity contribution in [1.82, 2.24) is 0 Å². The highest BCUT2D eigenvalue weighted by molar-refractivity contribution is 5.66. The van der Waals surface area contributed by atoms with Gasteiger partial charge in [0, 0.05) is 6.92 Å². The Bertz CT molecular complexity index is 285. The van der Waals surface area contributed by atoms with E-state index in [9.17, 15) is 9.90 Å². The monoisotopic (exact) mass is 226 g/mol. The molecule has 0 unspecified atom stereocenters. The van der Waals surface area contributed by atoms with Gasteiger partial charge in [-0.3, -0.25) is 4.79 Å². The molecule has 0 amide bonds. The fourth-order valence-electron chi connectivity index (χ4n) is 3.59. The van der Waals surface area contributed by atoms with Gasteiger partial charge in [0.15, 0.2) is 0 Å². The van der Waals surface area contributed by atoms with Gasteiger partial charge >= 0.3 is 5.97 Å². The molecule has 0 heterocycles. The fraction of sp³-hybridized carbons (Fsp3) is 0.923. The maximum Gasteiger partial charge on any atom is 0.303 e. The fourth-order valence-corrected chi connectivity index (χ4v) is 3.59. The van der Waals surface area contributed by atoms with Gasteiger partial charge in [0.05, 0.1) is 0 Å². The Morgan fingerprint density at radius 2 is 1.88 bits per heavy atom. The highest BCUT2D eigenvalue weighted by atomic mass is 16.6. The average molecular weight is 226 g/mol. The number of hydrogen-bond donors (Lipinski definition) is 1. The van der Waals surface area contributed by atoms with Gasteiger partial charge in [-0.1, -0.05) is 19.8 Å². The maximum atomic E-state index is 11.1. The van der Waals surface area contributed by atoms with Crippen LogP contribution in [0.15, 0.2) is 0 Å². The molecule has 0 saturated heterocycles. The second kappa shape index (κ2) is 4.02. The van der Waals surface area contributed by atoms with E-state index in [2.05, 4.69) is 6.92 Å². The Morgan fingerprint density at radius 3 is 2.56 bits per heavy atom. The number of hydrogen-bond acceptors (Lipinski definition) is 3. The molecular formula is C13H22O3. The van der Waals surface area contributed by atoms with E-state index >= 15 is 0 Å². The number of fused-ring (bicyclic) bond motifs is 1. The topological polar surface area (TPSA) is 46.5 Å². The largest absolute Gasteiger partial charge is 0.459 e. The van der Waals surface area contributed by atoms with E-state index in [4.69, 9.17) is 4.74 Å². The van der Waals surface area contributed by atoms with E-state index in [0.29, 0.717) is 0 Å². The van der Waals surface area contributed by atoms with Crippen LogP contribution in [-0.2, 0) is 9.53 Å². The molecule has 2 saturated carbocycles. The van der Waals surface area contributed by atoms with Crippen molar-refractivity contribution in [2.45, 2.75) is 70.5 Å². The van der Waals surface area contributed by atoms with Gasteiger partial charge < -0.3 is 9.84 Å². The molecule has 0 radical (unpaired) electrons. The molecule has 2 fully saturated rings. The van der Waals surface area contributed by atoms with Crippen molar-refractivity contribution in [3.8, 4) is 0 Å². The first kappa shape index (κ1) is 11.9. The van der Waals surface area contributed by atoms with Crippen LogP contribution < -0.4 is 0 Å². The van der Waals surface area contributed by atoms with E-state index in [1.54, 1.807) is 0 Å². The van der Waals surface area contributed by atoms with E-state index in [1.807, 2.05) is 0 Å². The smallest absolute Gasteiger partial charge is 0.303 e. The van der Waals surface area contributed by atoms with Gasteiger partial charge in [-0.2, -0.15) is 0 Å². The molecule has 0 aromatic carbocycles. The van der Waals surface area contributed by atoms with Crippen molar-refractivity contribution >= 4 is 5.97 Å². The quantitative estimate of drug-likeness (QED) is 0.698. The van der Waals surface area contributed by atoms with Gasteiger partial charge in [-0.25, -0.2) is 0 Å². The van der Waals surface area contributed by atoms with Crippen LogP contribution in [-0.4, -0.2) is 22.8 Å². The third kappa shape index (κ3) is 1.75. The number of rotatable bonds is 1. The number of carbonyl (C=O) groups is 1. The van der Waals surface area contributed by atoms with Crippen molar-refractivity contribution in [2.75, 3.05) is 0 Å². The highest BCUT2D eigenvalue weighted by Crippen LogP contribution is 2.53. The first-order chi connectivity index (χ1) is 7.48. The van der Waals surface area contributed by atoms with Gasteiger partial charge in [-0.05, 0) is 37.5 Å². The normalized spacial score (nSPS) is 43.6. The lowest BCUT2D eigenvalue weighted by atomic mass is 9.56. The second-order valence-corrected chi connectivity index (χ2v) is 5.68. The van der Waals surface area contributed by atoms with Crippen LogP contribution in [0.1, 0.15) is 58.8 Å². The zero-order valence-electron chi connectivity index (χ0n) is 10.3. The lowest BCUT2D eigenvalue weighted by Crippen LogP contribution is -2.60. The van der Waals surface area contributed by atoms with Gasteiger partial charge in [0.1, 0.15) is 11.7 Å². The summed E-state index contributed by atoms with van der Waals surface area (Å²) in [6.07, 6.45) is 6.70. The van der Waals surface area contributed by atoms with E-state index in [1.165, 1.54) is 13.3 Å². The van der Waals surface area contributed by atoms with Crippen LogP contribution in [0.3, 0.4) is 0 Å². The summed E-state index contributed by atoms with van der Waals surface area (Å²) in [5.74, 6) is -0.270. The van der Waals surface area contributed by atoms with Gasteiger partial charge in [0.25, 0.3) is 0 Å². The lowest BCUT2D eigenvalue weighted by Gasteiger charge is -2.54. The van der Waals surface area contributed by atoms with Crippen LogP contribution in [0.25, 0.3) is 0 Å². The Balaban J connectivity index is 2.22. The SMILES string of the molecule is CC(=O)O[C@H]1CCC[C@]2(C)CCCC[C@]12O. The molecule has 0 aromatic rings. The summed E-state index contributed by atoms with van der Waals surface area (Å²) in [5, 5.41) is 10.9. The third-order valence-electron chi connectivity index (χ3n) is 4.62. The minimum Gasteiger partial charge on any atom is -0.459 e. The van der Waals surface area contributed by atoms with E-state index in [0.717, 1.165) is 38.5 Å². The van der Waals surface area contributed by atoms with Crippen LogP contribution in [0, 0.1) is 5.41 Å². The summed E-state index contributed by atoms with van der Waals surface area (Å²) in [5.41, 5.74) is -0.835. The molecule has 3 heteroatoms. The van der Waals surface area contributed by atoms with Gasteiger partial charge in [-0.15, -0.1) is 0 Å². The van der Waals surface area contributed by atoms with Crippen LogP contribution in [0.4, 0.5) is 0 Å². The van der Waals surface area contributed by atoms with Crippen LogP contribution >= 0.6 is 0 Å². The van der Waals surface area contributed by atoms with Crippen molar-refractivity contribution in [2.24, 2.45) is 5.41 Å². The van der Waals surface area contributed by atoms with Crippen LogP contribution in [0.5, 0.6) is 0 Å². The molecule has 92 valence electrons. The molecule has 0 aliphatic heterocycles. The molecule has 0 spiro atoms. The standard InChI is InChI=1S/C13H22O3/c1-10(14)16-11-6-5-8-12(2)7-3-4-9-13(11,12)15/h11,15H,3-9H2,1-2H3/t11-,12-,13-/m0/s1. The van der Waals surface area contributed by atoms with Crippen molar-refractivity contribution in [3.05, 3.63) is 0 Å². The molecule has 0 bridgehead atoms. The average Bonchev–Trinajstić information content (AvgIpc) is 2.20. The minimum absolute atomic E-state index is 0.0520. The predicted molar refractivity (Wildman–Crippen MR) is 60.9 cm³/mol. The lowest BCUT2D eigenvalue weighted by molar-refractivity contribution is -0.213. The first-order valence-corrected chi connectivity index (χ1v) is 6.38. The van der Waals surface area contributed by atoms with Gasteiger partial charge in [0.2, 0.25) is 0 Å². The third-order valence-corrected chi connectivity index (χ3v) is 4.62.